The molecule has 0 radical (unpaired) electrons. The maximum atomic E-state index is 13.1. The molecular weight excluding hydrogens is 283 g/mol. The van der Waals surface area contributed by atoms with Crippen LogP contribution in [-0.4, -0.2) is 19.3 Å². The minimum absolute atomic E-state index is 0.122. The quantitative estimate of drug-likeness (QED) is 0.755. The maximum Gasteiger partial charge on any atom is 0.449 e. The van der Waals surface area contributed by atoms with E-state index in [-0.39, 0.29) is 12.1 Å². The van der Waals surface area contributed by atoms with Crippen molar-refractivity contribution in [3.05, 3.63) is 42.5 Å². The van der Waals surface area contributed by atoms with Crippen molar-refractivity contribution >= 4 is 16.7 Å². The second-order valence-corrected chi connectivity index (χ2v) is 4.60. The van der Waals surface area contributed by atoms with Crippen molar-refractivity contribution in [1.29, 1.82) is 0 Å². The highest BCUT2D eigenvalue weighted by molar-refractivity contribution is 5.79. The fourth-order valence-corrected chi connectivity index (χ4v) is 2.22. The fraction of sp³-hybridized carbons (Fsp3) is 0.231. The Bertz CT molecular complexity index is 758. The molecule has 2 heterocycles. The van der Waals surface area contributed by atoms with Crippen LogP contribution in [0.2, 0.25) is 0 Å². The summed E-state index contributed by atoms with van der Waals surface area (Å²) in [6.07, 6.45) is -1.24. The van der Waals surface area contributed by atoms with Crippen LogP contribution in [0.25, 0.3) is 11.0 Å². The molecule has 0 unspecified atom stereocenters. The first-order valence-electron chi connectivity index (χ1n) is 6.25. The van der Waals surface area contributed by atoms with E-state index < -0.39 is 12.0 Å². The predicted octanol–water partition coefficient (Wildman–Crippen LogP) is 2.53. The molecule has 0 spiro atoms. The van der Waals surface area contributed by atoms with E-state index >= 15 is 0 Å². The van der Waals surface area contributed by atoms with Gasteiger partial charge in [-0.05, 0) is 24.3 Å². The number of rotatable bonds is 3. The Balaban J connectivity index is 2.05. The summed E-state index contributed by atoms with van der Waals surface area (Å²) in [4.78, 5) is 3.67. The number of benzene rings is 1. The molecular formula is C13H12F3N5. The standard InChI is InChI=1S/C13H12F3N5/c14-13(15,16)12-19-10-8-9(17)2-3-11(10)21(12)7-6-20-5-1-4-18-20/h1-5,8H,6-7,17H2. The first kappa shape index (κ1) is 13.5. The van der Waals surface area contributed by atoms with Crippen molar-refractivity contribution in [3.63, 3.8) is 0 Å². The first-order valence-corrected chi connectivity index (χ1v) is 6.25. The predicted molar refractivity (Wildman–Crippen MR) is 71.4 cm³/mol. The van der Waals surface area contributed by atoms with E-state index in [0.29, 0.717) is 17.7 Å². The fourth-order valence-electron chi connectivity index (χ4n) is 2.22. The zero-order valence-electron chi connectivity index (χ0n) is 10.9. The van der Waals surface area contributed by atoms with E-state index in [9.17, 15) is 13.2 Å². The molecule has 3 rings (SSSR count). The van der Waals surface area contributed by atoms with Gasteiger partial charge in [0.05, 0.1) is 17.6 Å². The average molecular weight is 295 g/mol. The van der Waals surface area contributed by atoms with Crippen LogP contribution in [-0.2, 0) is 19.3 Å². The van der Waals surface area contributed by atoms with Gasteiger partial charge >= 0.3 is 6.18 Å². The smallest absolute Gasteiger partial charge is 0.399 e. The van der Waals surface area contributed by atoms with Crippen molar-refractivity contribution in [3.8, 4) is 0 Å². The van der Waals surface area contributed by atoms with Gasteiger partial charge in [0, 0.05) is 24.6 Å². The first-order chi connectivity index (χ1) is 9.95. The maximum absolute atomic E-state index is 13.1. The molecule has 0 aliphatic rings. The molecule has 2 aromatic heterocycles. The van der Waals surface area contributed by atoms with Gasteiger partial charge < -0.3 is 10.3 Å². The van der Waals surface area contributed by atoms with Crippen molar-refractivity contribution in [2.75, 3.05) is 5.73 Å². The van der Waals surface area contributed by atoms with E-state index in [2.05, 4.69) is 10.1 Å². The number of nitrogens with zero attached hydrogens (tertiary/aromatic N) is 4. The van der Waals surface area contributed by atoms with Crippen LogP contribution in [0, 0.1) is 0 Å². The lowest BCUT2D eigenvalue weighted by Crippen LogP contribution is -2.17. The second-order valence-electron chi connectivity index (χ2n) is 4.60. The zero-order valence-corrected chi connectivity index (χ0v) is 10.9. The summed E-state index contributed by atoms with van der Waals surface area (Å²) in [7, 11) is 0. The van der Waals surface area contributed by atoms with Crippen molar-refractivity contribution in [2.24, 2.45) is 0 Å². The number of imidazole rings is 1. The van der Waals surface area contributed by atoms with Crippen LogP contribution in [0.5, 0.6) is 0 Å². The molecule has 110 valence electrons. The number of hydrogen-bond donors (Lipinski definition) is 1. The van der Waals surface area contributed by atoms with Gasteiger partial charge in [-0.3, -0.25) is 4.68 Å². The molecule has 0 bridgehead atoms. The van der Waals surface area contributed by atoms with Crippen molar-refractivity contribution in [1.82, 2.24) is 19.3 Å². The summed E-state index contributed by atoms with van der Waals surface area (Å²) >= 11 is 0. The van der Waals surface area contributed by atoms with E-state index in [4.69, 9.17) is 5.73 Å². The van der Waals surface area contributed by atoms with Gasteiger partial charge in [-0.15, -0.1) is 0 Å². The Kier molecular flexibility index (Phi) is 3.08. The Morgan fingerprint density at radius 1 is 1.19 bits per heavy atom. The summed E-state index contributed by atoms with van der Waals surface area (Å²) < 4.78 is 42.1. The third-order valence-electron chi connectivity index (χ3n) is 3.14. The third kappa shape index (κ3) is 2.56. The third-order valence-corrected chi connectivity index (χ3v) is 3.14. The normalized spacial score (nSPS) is 12.1. The highest BCUT2D eigenvalue weighted by Gasteiger charge is 2.37. The summed E-state index contributed by atoms with van der Waals surface area (Å²) in [5.41, 5.74) is 6.63. The Morgan fingerprint density at radius 3 is 2.67 bits per heavy atom. The number of nitrogens with two attached hydrogens (primary N) is 1. The number of fused-ring (bicyclic) bond motifs is 1. The zero-order chi connectivity index (χ0) is 15.0. The molecule has 0 saturated heterocycles. The molecule has 0 atom stereocenters. The van der Waals surface area contributed by atoms with E-state index in [1.54, 1.807) is 35.3 Å². The van der Waals surface area contributed by atoms with Gasteiger partial charge in [0.1, 0.15) is 0 Å². The van der Waals surface area contributed by atoms with Gasteiger partial charge in [-0.1, -0.05) is 0 Å². The topological polar surface area (TPSA) is 61.7 Å². The Labute approximate surface area is 117 Å². The molecule has 0 amide bonds. The molecule has 8 heteroatoms. The summed E-state index contributed by atoms with van der Waals surface area (Å²) in [5.74, 6) is -0.921. The van der Waals surface area contributed by atoms with Crippen LogP contribution in [0.4, 0.5) is 18.9 Å². The van der Waals surface area contributed by atoms with Crippen LogP contribution >= 0.6 is 0 Å². The number of nitrogen functional groups attached to an aromatic ring is 1. The highest BCUT2D eigenvalue weighted by Crippen LogP contribution is 2.32. The minimum atomic E-state index is -4.52. The van der Waals surface area contributed by atoms with Crippen LogP contribution in [0.1, 0.15) is 5.82 Å². The van der Waals surface area contributed by atoms with Crippen LogP contribution in [0.3, 0.4) is 0 Å². The van der Waals surface area contributed by atoms with Crippen LogP contribution < -0.4 is 5.73 Å². The summed E-state index contributed by atoms with van der Waals surface area (Å²) in [6, 6.07) is 6.27. The number of hydrogen-bond acceptors (Lipinski definition) is 3. The SMILES string of the molecule is Nc1ccc2c(c1)nc(C(F)(F)F)n2CCn1cccn1. The van der Waals surface area contributed by atoms with Gasteiger partial charge in [-0.2, -0.15) is 18.3 Å². The number of anilines is 1. The number of alkyl halides is 3. The van der Waals surface area contributed by atoms with E-state index in [1.807, 2.05) is 0 Å². The Morgan fingerprint density at radius 2 is 2.00 bits per heavy atom. The molecule has 21 heavy (non-hydrogen) atoms. The number of aromatic nitrogens is 4. The molecule has 0 aliphatic carbocycles. The van der Waals surface area contributed by atoms with Gasteiger partial charge in [0.25, 0.3) is 0 Å². The van der Waals surface area contributed by atoms with Gasteiger partial charge in [0.2, 0.25) is 5.82 Å². The lowest BCUT2D eigenvalue weighted by Gasteiger charge is -2.11. The average Bonchev–Trinajstić information content (AvgIpc) is 3.01. The van der Waals surface area contributed by atoms with Crippen molar-refractivity contribution in [2.45, 2.75) is 19.3 Å². The monoisotopic (exact) mass is 295 g/mol. The minimum Gasteiger partial charge on any atom is -0.399 e. The van der Waals surface area contributed by atoms with Gasteiger partial charge in [0.15, 0.2) is 0 Å². The number of aryl methyl sites for hydroxylation is 2. The molecule has 0 aliphatic heterocycles. The summed E-state index contributed by atoms with van der Waals surface area (Å²) in [5, 5.41) is 3.98. The second kappa shape index (κ2) is 4.80. The Hall–Kier alpha value is -2.51. The molecule has 1 aromatic carbocycles. The molecule has 0 fully saturated rings. The largest absolute Gasteiger partial charge is 0.449 e. The molecule has 2 N–H and O–H groups in total. The molecule has 0 saturated carbocycles. The lowest BCUT2D eigenvalue weighted by molar-refractivity contribution is -0.147. The molecule has 5 nitrogen and oxygen atoms in total. The summed E-state index contributed by atoms with van der Waals surface area (Å²) in [6.45, 7) is 0.447. The van der Waals surface area contributed by atoms with Gasteiger partial charge in [-0.25, -0.2) is 4.98 Å². The van der Waals surface area contributed by atoms with E-state index in [0.717, 1.165) is 4.57 Å². The highest BCUT2D eigenvalue weighted by atomic mass is 19.4. The van der Waals surface area contributed by atoms with Crippen LogP contribution in [0.15, 0.2) is 36.7 Å². The number of halogens is 3. The lowest BCUT2D eigenvalue weighted by atomic mass is 10.3. The molecule has 3 aromatic rings. The van der Waals surface area contributed by atoms with E-state index in [1.165, 1.54) is 6.07 Å². The van der Waals surface area contributed by atoms with Crippen molar-refractivity contribution < 1.29 is 13.2 Å².